The van der Waals surface area contributed by atoms with Crippen molar-refractivity contribution in [3.05, 3.63) is 64.7 Å². The van der Waals surface area contributed by atoms with E-state index in [1.807, 2.05) is 18.2 Å². The van der Waals surface area contributed by atoms with Crippen LogP contribution in [0.25, 0.3) is 0 Å². The molecule has 4 nitrogen and oxygen atoms in total. The molecule has 4 rings (SSSR count). The van der Waals surface area contributed by atoms with Gasteiger partial charge in [0.1, 0.15) is 5.75 Å². The van der Waals surface area contributed by atoms with Crippen LogP contribution in [-0.4, -0.2) is 36.8 Å². The zero-order chi connectivity index (χ0) is 20.6. The van der Waals surface area contributed by atoms with E-state index in [1.165, 1.54) is 23.8 Å². The van der Waals surface area contributed by atoms with Crippen molar-refractivity contribution in [1.82, 2.24) is 10.2 Å². The van der Waals surface area contributed by atoms with E-state index in [4.69, 9.17) is 11.6 Å². The van der Waals surface area contributed by atoms with Crippen LogP contribution in [0.2, 0.25) is 5.02 Å². The molecule has 2 aliphatic rings. The minimum atomic E-state index is -4.78. The molecule has 2 atom stereocenters. The molecule has 2 aromatic rings. The van der Waals surface area contributed by atoms with Crippen LogP contribution < -0.4 is 10.1 Å². The third kappa shape index (κ3) is 5.03. The van der Waals surface area contributed by atoms with Gasteiger partial charge in [-0.15, -0.1) is 13.2 Å². The highest BCUT2D eigenvalue weighted by Gasteiger charge is 2.55. The summed E-state index contributed by atoms with van der Waals surface area (Å²) >= 11 is 6.03. The number of carbonyl (C=O) groups excluding carboxylic acids is 1. The fourth-order valence-corrected chi connectivity index (χ4v) is 4.42. The van der Waals surface area contributed by atoms with Crippen molar-refractivity contribution >= 4 is 17.5 Å². The van der Waals surface area contributed by atoms with Crippen molar-refractivity contribution in [2.24, 2.45) is 17.8 Å². The number of carbonyl (C=O) groups is 1. The normalized spacial score (nSPS) is 23.5. The summed E-state index contributed by atoms with van der Waals surface area (Å²) in [7, 11) is 0. The average molecular weight is 425 g/mol. The molecule has 2 fully saturated rings. The van der Waals surface area contributed by atoms with Crippen molar-refractivity contribution in [2.75, 3.05) is 19.6 Å². The number of nitrogens with one attached hydrogen (secondary N) is 1. The SMILES string of the molecule is O=C(NCC1C2CN(Cc3cccc(Cl)c3)CC12)c1cccc(OC(F)(F)F)c1. The second-order valence-corrected chi connectivity index (χ2v) is 8.04. The van der Waals surface area contributed by atoms with Gasteiger partial charge in [-0.1, -0.05) is 29.8 Å². The molecule has 1 aliphatic heterocycles. The molecule has 0 aromatic heterocycles. The van der Waals surface area contributed by atoms with Crippen LogP contribution in [0.3, 0.4) is 0 Å². The third-order valence-electron chi connectivity index (χ3n) is 5.57. The Bertz CT molecular complexity index is 893. The maximum atomic E-state index is 12.3. The highest BCUT2D eigenvalue weighted by atomic mass is 35.5. The van der Waals surface area contributed by atoms with E-state index in [9.17, 15) is 18.0 Å². The van der Waals surface area contributed by atoms with Crippen LogP contribution >= 0.6 is 11.6 Å². The van der Waals surface area contributed by atoms with Crippen LogP contribution in [0.1, 0.15) is 15.9 Å². The fourth-order valence-electron chi connectivity index (χ4n) is 4.21. The molecule has 0 bridgehead atoms. The number of alkyl halides is 3. The summed E-state index contributed by atoms with van der Waals surface area (Å²) in [5.41, 5.74) is 1.34. The lowest BCUT2D eigenvalue weighted by molar-refractivity contribution is -0.274. The lowest BCUT2D eigenvalue weighted by atomic mass is 10.2. The van der Waals surface area contributed by atoms with E-state index >= 15 is 0 Å². The molecule has 1 saturated carbocycles. The Morgan fingerprint density at radius 3 is 2.55 bits per heavy atom. The van der Waals surface area contributed by atoms with E-state index in [2.05, 4.69) is 21.0 Å². The van der Waals surface area contributed by atoms with E-state index < -0.39 is 18.0 Å². The molecule has 1 aliphatic carbocycles. The van der Waals surface area contributed by atoms with Gasteiger partial charge in [-0.2, -0.15) is 0 Å². The summed E-state index contributed by atoms with van der Waals surface area (Å²) < 4.78 is 40.8. The van der Waals surface area contributed by atoms with Gasteiger partial charge in [0.05, 0.1) is 0 Å². The number of benzene rings is 2. The Morgan fingerprint density at radius 2 is 1.86 bits per heavy atom. The topological polar surface area (TPSA) is 41.6 Å². The third-order valence-corrected chi connectivity index (χ3v) is 5.81. The lowest BCUT2D eigenvalue weighted by Crippen LogP contribution is -2.30. The first-order chi connectivity index (χ1) is 13.8. The van der Waals surface area contributed by atoms with E-state index in [0.29, 0.717) is 24.3 Å². The Hall–Kier alpha value is -2.25. The van der Waals surface area contributed by atoms with Crippen molar-refractivity contribution in [3.63, 3.8) is 0 Å². The molecular weight excluding hydrogens is 405 g/mol. The number of ether oxygens (including phenoxy) is 1. The van der Waals surface area contributed by atoms with Gasteiger partial charge in [0, 0.05) is 36.8 Å². The number of likely N-dealkylation sites (tertiary alicyclic amines) is 1. The van der Waals surface area contributed by atoms with Crippen molar-refractivity contribution in [2.45, 2.75) is 12.9 Å². The quantitative estimate of drug-likeness (QED) is 0.749. The number of piperidine rings is 1. The van der Waals surface area contributed by atoms with Gasteiger partial charge in [0.25, 0.3) is 5.91 Å². The predicted molar refractivity (Wildman–Crippen MR) is 103 cm³/mol. The summed E-state index contributed by atoms with van der Waals surface area (Å²) in [5, 5.41) is 3.57. The number of hydrogen-bond acceptors (Lipinski definition) is 3. The molecule has 0 radical (unpaired) electrons. The summed E-state index contributed by atoms with van der Waals surface area (Å²) in [6.45, 7) is 3.35. The van der Waals surface area contributed by atoms with Crippen LogP contribution in [0, 0.1) is 17.8 Å². The predicted octanol–water partition coefficient (Wildman–Crippen LogP) is 4.35. The van der Waals surface area contributed by atoms with E-state index in [1.54, 1.807) is 0 Å². The number of amides is 1. The first kappa shape index (κ1) is 20.0. The molecule has 1 heterocycles. The van der Waals surface area contributed by atoms with E-state index in [0.717, 1.165) is 30.7 Å². The second kappa shape index (κ2) is 7.88. The van der Waals surface area contributed by atoms with Gasteiger partial charge in [0.2, 0.25) is 0 Å². The number of hydrogen-bond donors (Lipinski definition) is 1. The maximum absolute atomic E-state index is 12.3. The van der Waals surface area contributed by atoms with Gasteiger partial charge >= 0.3 is 6.36 Å². The van der Waals surface area contributed by atoms with Gasteiger partial charge in [-0.05, 0) is 53.6 Å². The minimum absolute atomic E-state index is 0.153. The van der Waals surface area contributed by atoms with Crippen LogP contribution in [0.15, 0.2) is 48.5 Å². The summed E-state index contributed by atoms with van der Waals surface area (Å²) in [4.78, 5) is 14.7. The molecule has 1 saturated heterocycles. The second-order valence-electron chi connectivity index (χ2n) is 7.60. The Morgan fingerprint density at radius 1 is 1.14 bits per heavy atom. The zero-order valence-corrected chi connectivity index (χ0v) is 16.2. The van der Waals surface area contributed by atoms with Crippen molar-refractivity contribution < 1.29 is 22.7 Å². The Kier molecular flexibility index (Phi) is 5.44. The van der Waals surface area contributed by atoms with Crippen LogP contribution in [-0.2, 0) is 6.54 Å². The molecular formula is C21H20ClF3N2O2. The molecule has 29 heavy (non-hydrogen) atoms. The standard InChI is InChI=1S/C21H20ClF3N2O2/c22-15-5-1-3-13(7-15)10-27-11-18-17(19(18)12-27)9-26-20(28)14-4-2-6-16(8-14)29-21(23,24)25/h1-8,17-19H,9-12H2,(H,26,28). The van der Waals surface area contributed by atoms with E-state index in [-0.39, 0.29) is 5.56 Å². The van der Waals surface area contributed by atoms with Gasteiger partial charge < -0.3 is 10.1 Å². The number of fused-ring (bicyclic) bond motifs is 1. The highest BCUT2D eigenvalue weighted by Crippen LogP contribution is 2.51. The van der Waals surface area contributed by atoms with Crippen LogP contribution in [0.4, 0.5) is 13.2 Å². The van der Waals surface area contributed by atoms with Crippen molar-refractivity contribution in [3.8, 4) is 5.75 Å². The molecule has 2 aromatic carbocycles. The summed E-state index contributed by atoms with van der Waals surface area (Å²) in [6.07, 6.45) is -4.78. The zero-order valence-electron chi connectivity index (χ0n) is 15.5. The number of nitrogens with zero attached hydrogens (tertiary/aromatic N) is 1. The molecule has 2 unspecified atom stereocenters. The lowest BCUT2D eigenvalue weighted by Gasteiger charge is -2.19. The largest absolute Gasteiger partial charge is 0.573 e. The smallest absolute Gasteiger partial charge is 0.406 e. The average Bonchev–Trinajstić information content (AvgIpc) is 3.10. The number of rotatable bonds is 6. The number of halogens is 4. The van der Waals surface area contributed by atoms with Crippen LogP contribution in [0.5, 0.6) is 5.75 Å². The minimum Gasteiger partial charge on any atom is -0.406 e. The van der Waals surface area contributed by atoms with Gasteiger partial charge in [0.15, 0.2) is 0 Å². The fraction of sp³-hybridized carbons (Fsp3) is 0.381. The molecule has 8 heteroatoms. The van der Waals surface area contributed by atoms with Crippen molar-refractivity contribution in [1.29, 1.82) is 0 Å². The molecule has 1 N–H and O–H groups in total. The summed E-state index contributed by atoms with van der Waals surface area (Å²) in [6, 6.07) is 12.9. The molecule has 0 spiro atoms. The highest BCUT2D eigenvalue weighted by molar-refractivity contribution is 6.30. The van der Waals surface area contributed by atoms with Gasteiger partial charge in [-0.3, -0.25) is 9.69 Å². The summed E-state index contributed by atoms with van der Waals surface area (Å²) in [5.74, 6) is 0.733. The maximum Gasteiger partial charge on any atom is 0.573 e. The monoisotopic (exact) mass is 424 g/mol. The molecule has 1 amide bonds. The first-order valence-corrected chi connectivity index (χ1v) is 9.77. The Labute approximate surface area is 171 Å². The Balaban J connectivity index is 1.24. The first-order valence-electron chi connectivity index (χ1n) is 9.39. The van der Waals surface area contributed by atoms with Gasteiger partial charge in [-0.25, -0.2) is 0 Å². The molecule has 154 valence electrons.